The number of benzene rings is 13. The SMILES string of the molecule is C#Cc1c(C#Cc2ccc(-n3c4ccc(C(C)(C)C)cc4c4cc(C(C)(C)C)ccc43)cc2)c(C#Cc2ccc(-n3c4ccc(C(C)(C)C)cc4c4cc(C(C)(C)C)ccc43)cc2)c(C#C)c(C#Cc2ccc(-n3c4ccc(C(C)(C)C)cc4c4cc(C(C)(C)C)ccc43)cc2)c1C#Cc1ccc(-n2c3ccc(C(C)(C)C)cc3c3cc(C(C)(C)C)ccc32)cc1. The molecular weight excluding hydrogens is 1520 g/mol. The maximum Gasteiger partial charge on any atom is 0.0588 e. The average molecular weight is 1640 g/mol. The lowest BCUT2D eigenvalue weighted by molar-refractivity contribution is 0.590. The predicted octanol–water partition coefficient (Wildman–Crippen LogP) is 30.0. The van der Waals surface area contributed by atoms with Gasteiger partial charge in [-0.1, -0.05) is 274 Å². The summed E-state index contributed by atoms with van der Waals surface area (Å²) in [7, 11) is 0. The van der Waals surface area contributed by atoms with Crippen molar-refractivity contribution in [1.82, 2.24) is 18.3 Å². The van der Waals surface area contributed by atoms with Crippen LogP contribution in [-0.4, -0.2) is 18.3 Å². The molecule has 0 saturated carbocycles. The molecule has 0 saturated heterocycles. The largest absolute Gasteiger partial charge is 0.309 e. The molecule has 0 radical (unpaired) electrons. The van der Waals surface area contributed by atoms with Crippen molar-refractivity contribution in [2.24, 2.45) is 0 Å². The highest BCUT2D eigenvalue weighted by Gasteiger charge is 2.29. The maximum atomic E-state index is 7.05. The van der Waals surface area contributed by atoms with E-state index in [1.807, 2.05) is 0 Å². The van der Waals surface area contributed by atoms with Crippen molar-refractivity contribution < 1.29 is 0 Å². The minimum absolute atomic E-state index is 0.0379. The Labute approximate surface area is 747 Å². The Balaban J connectivity index is 0.852. The molecule has 17 aromatic rings. The Bertz CT molecular complexity index is 6540. The average Bonchev–Trinajstić information content (AvgIpc) is 1.59. The zero-order valence-corrected chi connectivity index (χ0v) is 78.0. The highest BCUT2D eigenvalue weighted by Crippen LogP contribution is 2.45. The van der Waals surface area contributed by atoms with Gasteiger partial charge in [0.25, 0.3) is 0 Å². The maximum absolute atomic E-state index is 7.05. The molecule has 0 aliphatic heterocycles. The molecule has 0 fully saturated rings. The first-order valence-corrected chi connectivity index (χ1v) is 44.5. The summed E-state index contributed by atoms with van der Waals surface area (Å²) in [5.74, 6) is 35.4. The zero-order chi connectivity index (χ0) is 89.6. The van der Waals surface area contributed by atoms with Crippen LogP contribution < -0.4 is 0 Å². The molecule has 0 amide bonds. The van der Waals surface area contributed by atoms with E-state index in [2.05, 4.69) is 486 Å². The molecule has 4 nitrogen and oxygen atoms in total. The van der Waals surface area contributed by atoms with Gasteiger partial charge in [-0.15, -0.1) is 12.8 Å². The molecule has 0 unspecified atom stereocenters. The normalized spacial score (nSPS) is 12.5. The first-order valence-electron chi connectivity index (χ1n) is 44.5. The molecule has 4 heterocycles. The Kier molecular flexibility index (Phi) is 20.6. The number of fused-ring (bicyclic) bond motifs is 12. The van der Waals surface area contributed by atoms with Crippen LogP contribution in [0.4, 0.5) is 0 Å². The van der Waals surface area contributed by atoms with Crippen molar-refractivity contribution in [3.8, 4) is 94.8 Å². The summed E-state index contributed by atoms with van der Waals surface area (Å²) in [5, 5.41) is 9.79. The van der Waals surface area contributed by atoms with Gasteiger partial charge in [-0.25, -0.2) is 0 Å². The predicted molar refractivity (Wildman–Crippen MR) is 539 cm³/mol. The third-order valence-electron chi connectivity index (χ3n) is 25.6. The minimum atomic E-state index is -0.0379. The van der Waals surface area contributed by atoms with Gasteiger partial charge in [-0.3, -0.25) is 0 Å². The Morgan fingerprint density at radius 3 is 0.421 bits per heavy atom. The Hall–Kier alpha value is -13.6. The van der Waals surface area contributed by atoms with Crippen molar-refractivity contribution >= 4 is 87.2 Å². The standard InChI is InChI=1S/C122H114N4/c1-27-93-95(57-37-77-29-49-89(50-30-77)123-107-61-41-81(115(3,4)5)69-99(107)100-70-82(116(6,7)8)42-62-108(100)123)97(59-39-79-33-53-91(54-34-79)125-111-65-45-85(119(15,16)17)73-103(111)104-74-86(120(18,19)20)46-66-112(104)125)94(28-2)98(60-40-80-35-55-92(56-36-80)126-113-67-47-87(121(21,22)23)75-105(113)106-76-88(122(24,25)26)48-68-114(106)126)96(93)58-38-78-31-51-90(52-32-78)124-109-63-43-83(117(9,10)11)71-101(109)102-72-84(118(12,13)14)44-64-110(102)124/h1-2,29-36,41-56,61-76H,3-26H3. The lowest BCUT2D eigenvalue weighted by Crippen LogP contribution is -2.10. The van der Waals surface area contributed by atoms with E-state index in [1.165, 1.54) is 87.6 Å². The molecule has 4 aromatic heterocycles. The van der Waals surface area contributed by atoms with E-state index in [0.717, 1.165) is 89.1 Å². The van der Waals surface area contributed by atoms with Gasteiger partial charge in [-0.05, 0) is 282 Å². The molecule has 0 atom stereocenters. The summed E-state index contributed by atoms with van der Waals surface area (Å²) in [6.07, 6.45) is 14.1. The van der Waals surface area contributed by atoms with Crippen LogP contribution in [0.5, 0.6) is 0 Å². The number of hydrogen-bond donors (Lipinski definition) is 0. The summed E-state index contributed by atoms with van der Waals surface area (Å²) in [4.78, 5) is 0. The number of aromatic nitrogens is 4. The summed E-state index contributed by atoms with van der Waals surface area (Å²) < 4.78 is 9.51. The van der Waals surface area contributed by atoms with Gasteiger partial charge in [0.15, 0.2) is 0 Å². The van der Waals surface area contributed by atoms with Crippen LogP contribution in [0.2, 0.25) is 0 Å². The van der Waals surface area contributed by atoms with Gasteiger partial charge in [0.2, 0.25) is 0 Å². The second-order valence-electron chi connectivity index (χ2n) is 42.9. The van der Waals surface area contributed by atoms with E-state index in [-0.39, 0.29) is 43.3 Å². The highest BCUT2D eigenvalue weighted by molar-refractivity contribution is 6.13. The van der Waals surface area contributed by atoms with E-state index in [0.29, 0.717) is 33.4 Å². The fourth-order valence-electron chi connectivity index (χ4n) is 17.8. The minimum Gasteiger partial charge on any atom is -0.309 e. The van der Waals surface area contributed by atoms with Gasteiger partial charge in [-0.2, -0.15) is 0 Å². The second-order valence-corrected chi connectivity index (χ2v) is 42.9. The van der Waals surface area contributed by atoms with E-state index in [1.54, 1.807) is 0 Å². The van der Waals surface area contributed by atoms with E-state index < -0.39 is 0 Å². The summed E-state index contributed by atoms with van der Waals surface area (Å²) in [6.45, 7) is 54.7. The molecule has 126 heavy (non-hydrogen) atoms. The lowest BCUT2D eigenvalue weighted by atomic mass is 9.85. The van der Waals surface area contributed by atoms with Crippen molar-refractivity contribution in [1.29, 1.82) is 0 Å². The summed E-state index contributed by atoms with van der Waals surface area (Å²) in [5.41, 5.74) is 29.1. The molecular formula is C122H114N4. The number of terminal acetylenes is 2. The smallest absolute Gasteiger partial charge is 0.0588 e. The highest BCUT2D eigenvalue weighted by atomic mass is 15.0. The van der Waals surface area contributed by atoms with Gasteiger partial charge in [0.1, 0.15) is 0 Å². The number of hydrogen-bond acceptors (Lipinski definition) is 0. The fraction of sp³-hybridized carbons (Fsp3) is 0.262. The van der Waals surface area contributed by atoms with Crippen LogP contribution in [0, 0.1) is 72.1 Å². The van der Waals surface area contributed by atoms with Crippen LogP contribution in [0.25, 0.3) is 110 Å². The lowest BCUT2D eigenvalue weighted by Gasteiger charge is -2.19. The monoisotopic (exact) mass is 1630 g/mol. The van der Waals surface area contributed by atoms with Crippen LogP contribution in [0.1, 0.15) is 266 Å². The van der Waals surface area contributed by atoms with E-state index >= 15 is 0 Å². The van der Waals surface area contributed by atoms with Crippen LogP contribution >= 0.6 is 0 Å². The van der Waals surface area contributed by atoms with Crippen LogP contribution in [0.15, 0.2) is 243 Å². The Morgan fingerprint density at radius 1 is 0.167 bits per heavy atom. The van der Waals surface area contributed by atoms with Gasteiger partial charge in [0, 0.05) is 88.1 Å². The van der Waals surface area contributed by atoms with Gasteiger partial charge >= 0.3 is 0 Å². The van der Waals surface area contributed by atoms with Crippen LogP contribution in [0.3, 0.4) is 0 Å². The first-order chi connectivity index (χ1) is 59.4. The zero-order valence-electron chi connectivity index (χ0n) is 78.0. The molecule has 0 aliphatic rings. The second kappa shape index (κ2) is 30.7. The van der Waals surface area contributed by atoms with E-state index in [9.17, 15) is 0 Å². The van der Waals surface area contributed by atoms with E-state index in [4.69, 9.17) is 12.8 Å². The number of rotatable bonds is 4. The molecule has 13 aromatic carbocycles. The quantitative estimate of drug-likeness (QED) is 0.157. The van der Waals surface area contributed by atoms with Crippen molar-refractivity contribution in [2.75, 3.05) is 0 Å². The summed E-state index contributed by atoms with van der Waals surface area (Å²) in [6, 6.07) is 89.6. The molecule has 622 valence electrons. The third-order valence-corrected chi connectivity index (χ3v) is 25.6. The molecule has 4 heteroatoms. The van der Waals surface area contributed by atoms with Crippen molar-refractivity contribution in [3.63, 3.8) is 0 Å². The summed E-state index contributed by atoms with van der Waals surface area (Å²) >= 11 is 0. The molecule has 17 rings (SSSR count). The van der Waals surface area contributed by atoms with Gasteiger partial charge < -0.3 is 18.3 Å². The topological polar surface area (TPSA) is 19.7 Å². The van der Waals surface area contributed by atoms with Crippen molar-refractivity contribution in [2.45, 2.75) is 209 Å². The fourth-order valence-corrected chi connectivity index (χ4v) is 17.8. The Morgan fingerprint density at radius 2 is 0.302 bits per heavy atom. The molecule has 0 aliphatic carbocycles. The van der Waals surface area contributed by atoms with Crippen LogP contribution in [-0.2, 0) is 43.3 Å². The number of nitrogens with zero attached hydrogens (tertiary/aromatic N) is 4. The molecule has 0 N–H and O–H groups in total. The molecule has 0 bridgehead atoms. The molecule has 0 spiro atoms. The van der Waals surface area contributed by atoms with Gasteiger partial charge in [0.05, 0.1) is 77.5 Å². The third kappa shape index (κ3) is 15.7. The first kappa shape index (κ1) is 84.6. The van der Waals surface area contributed by atoms with Crippen molar-refractivity contribution in [3.05, 3.63) is 343 Å².